The van der Waals surface area contributed by atoms with Crippen LogP contribution in [0.25, 0.3) is 0 Å². The Bertz CT molecular complexity index is 550. The van der Waals surface area contributed by atoms with Crippen LogP contribution in [-0.2, 0) is 4.79 Å². The third-order valence-electron chi connectivity index (χ3n) is 2.58. The third kappa shape index (κ3) is 5.90. The Morgan fingerprint density at radius 3 is 2.50 bits per heavy atom. The molecule has 122 valence electrons. The van der Waals surface area contributed by atoms with Crippen LogP contribution in [0.1, 0.15) is 20.8 Å². The van der Waals surface area contributed by atoms with Gasteiger partial charge in [0.05, 0.1) is 19.9 Å². The number of guanidine groups is 1. The average Bonchev–Trinajstić information content (AvgIpc) is 2.43. The van der Waals surface area contributed by atoms with Crippen LogP contribution in [0.3, 0.4) is 0 Å². The Hall–Kier alpha value is -2.44. The molecule has 0 unspecified atom stereocenters. The number of carbonyl (C=O) groups excluding carboxylic acids is 1. The lowest BCUT2D eigenvalue weighted by Crippen LogP contribution is -2.42. The number of methoxy groups -OCH3 is 2. The molecule has 0 aliphatic carbocycles. The molecule has 0 aliphatic rings. The maximum atomic E-state index is 11.7. The van der Waals surface area contributed by atoms with Crippen LogP contribution >= 0.6 is 0 Å². The van der Waals surface area contributed by atoms with Gasteiger partial charge in [0.2, 0.25) is 5.91 Å². The number of nitrogens with one attached hydrogen (secondary N) is 2. The number of ether oxygens (including phenoxy) is 2. The van der Waals surface area contributed by atoms with Gasteiger partial charge in [-0.2, -0.15) is 0 Å². The molecule has 7 nitrogen and oxygen atoms in total. The first-order chi connectivity index (χ1) is 10.2. The molecule has 1 amide bonds. The predicted octanol–water partition coefficient (Wildman–Crippen LogP) is 1.35. The molecule has 0 saturated carbocycles. The first kappa shape index (κ1) is 17.6. The van der Waals surface area contributed by atoms with Crippen LogP contribution in [0.5, 0.6) is 11.5 Å². The molecule has 0 aliphatic heterocycles. The minimum absolute atomic E-state index is 0.0532. The molecule has 0 spiro atoms. The predicted molar refractivity (Wildman–Crippen MR) is 87.6 cm³/mol. The Kier molecular flexibility index (Phi) is 6.03. The number of aliphatic imine (C=N–C) groups is 1. The maximum Gasteiger partial charge on any atom is 0.242 e. The Labute approximate surface area is 130 Å². The van der Waals surface area contributed by atoms with Crippen LogP contribution in [0, 0.1) is 0 Å². The molecular formula is C15H24N4O3. The standard InChI is InChI=1S/C15H24N4O3/c1-15(2,3)19-13(20)9-17-14(16)18-11-8-10(21-4)6-7-12(11)22-5/h6-8H,9H2,1-5H3,(H,19,20)(H3,16,17,18). The summed E-state index contributed by atoms with van der Waals surface area (Å²) in [5.74, 6) is 1.17. The number of carbonyl (C=O) groups is 1. The minimum Gasteiger partial charge on any atom is -0.497 e. The fourth-order valence-electron chi connectivity index (χ4n) is 1.70. The van der Waals surface area contributed by atoms with Gasteiger partial charge in [-0.25, -0.2) is 4.99 Å². The van der Waals surface area contributed by atoms with E-state index in [1.54, 1.807) is 32.4 Å². The van der Waals surface area contributed by atoms with E-state index in [0.717, 1.165) is 0 Å². The van der Waals surface area contributed by atoms with E-state index >= 15 is 0 Å². The second-order valence-corrected chi connectivity index (χ2v) is 5.69. The zero-order chi connectivity index (χ0) is 16.8. The number of benzene rings is 1. The minimum atomic E-state index is -0.301. The van der Waals surface area contributed by atoms with Crippen LogP contribution in [0.4, 0.5) is 5.69 Å². The van der Waals surface area contributed by atoms with Crippen molar-refractivity contribution < 1.29 is 14.3 Å². The molecule has 0 radical (unpaired) electrons. The van der Waals surface area contributed by atoms with Gasteiger partial charge in [-0.3, -0.25) is 4.79 Å². The smallest absolute Gasteiger partial charge is 0.242 e. The summed E-state index contributed by atoms with van der Waals surface area (Å²) in [4.78, 5) is 15.7. The van der Waals surface area contributed by atoms with Crippen molar-refractivity contribution in [1.29, 1.82) is 0 Å². The van der Waals surface area contributed by atoms with Gasteiger partial charge in [0.25, 0.3) is 0 Å². The molecule has 0 fully saturated rings. The van der Waals surface area contributed by atoms with E-state index in [-0.39, 0.29) is 24.0 Å². The quantitative estimate of drug-likeness (QED) is 0.563. The van der Waals surface area contributed by atoms with E-state index in [2.05, 4.69) is 15.6 Å². The van der Waals surface area contributed by atoms with Crippen LogP contribution < -0.4 is 25.8 Å². The maximum absolute atomic E-state index is 11.7. The van der Waals surface area contributed by atoms with Crippen molar-refractivity contribution in [2.24, 2.45) is 10.7 Å². The van der Waals surface area contributed by atoms with Crippen LogP contribution in [-0.4, -0.2) is 38.2 Å². The summed E-state index contributed by atoms with van der Waals surface area (Å²) in [6.45, 7) is 5.65. The molecule has 1 aromatic carbocycles. The van der Waals surface area contributed by atoms with Crippen LogP contribution in [0.15, 0.2) is 23.2 Å². The molecule has 1 rings (SSSR count). The van der Waals surface area contributed by atoms with Gasteiger partial charge in [0.1, 0.15) is 18.0 Å². The second kappa shape index (κ2) is 7.53. The normalized spacial score (nSPS) is 11.8. The van der Waals surface area contributed by atoms with E-state index in [4.69, 9.17) is 15.2 Å². The van der Waals surface area contributed by atoms with E-state index in [1.807, 2.05) is 20.8 Å². The summed E-state index contributed by atoms with van der Waals surface area (Å²) in [7, 11) is 3.12. The van der Waals surface area contributed by atoms with Gasteiger partial charge in [0.15, 0.2) is 5.96 Å². The summed E-state index contributed by atoms with van der Waals surface area (Å²) >= 11 is 0. The van der Waals surface area contributed by atoms with E-state index in [9.17, 15) is 4.79 Å². The largest absolute Gasteiger partial charge is 0.497 e. The molecule has 4 N–H and O–H groups in total. The molecule has 0 heterocycles. The summed E-state index contributed by atoms with van der Waals surface area (Å²) in [6.07, 6.45) is 0. The number of anilines is 1. The molecule has 22 heavy (non-hydrogen) atoms. The van der Waals surface area contributed by atoms with Crippen molar-refractivity contribution in [3.8, 4) is 11.5 Å². The van der Waals surface area contributed by atoms with E-state index in [1.165, 1.54) is 0 Å². The molecule has 0 aromatic heterocycles. The van der Waals surface area contributed by atoms with Gasteiger partial charge in [0, 0.05) is 11.6 Å². The van der Waals surface area contributed by atoms with Gasteiger partial charge >= 0.3 is 0 Å². The number of nitrogens with two attached hydrogens (primary N) is 1. The number of hydrogen-bond donors (Lipinski definition) is 3. The monoisotopic (exact) mass is 308 g/mol. The molecule has 7 heteroatoms. The van der Waals surface area contributed by atoms with E-state index < -0.39 is 0 Å². The topological polar surface area (TPSA) is 98.0 Å². The van der Waals surface area contributed by atoms with Gasteiger partial charge in [-0.15, -0.1) is 0 Å². The lowest BCUT2D eigenvalue weighted by molar-refractivity contribution is -0.121. The summed E-state index contributed by atoms with van der Waals surface area (Å²) in [5, 5.41) is 5.70. The molecule has 0 atom stereocenters. The highest BCUT2D eigenvalue weighted by molar-refractivity contribution is 5.95. The molecule has 1 aromatic rings. The molecular weight excluding hydrogens is 284 g/mol. The number of rotatable bonds is 5. The Morgan fingerprint density at radius 2 is 1.95 bits per heavy atom. The van der Waals surface area contributed by atoms with Crippen molar-refractivity contribution in [1.82, 2.24) is 5.32 Å². The van der Waals surface area contributed by atoms with Crippen LogP contribution in [0.2, 0.25) is 0 Å². The first-order valence-electron chi connectivity index (χ1n) is 6.85. The number of hydrogen-bond acceptors (Lipinski definition) is 4. The van der Waals surface area contributed by atoms with Gasteiger partial charge in [-0.05, 0) is 32.9 Å². The van der Waals surface area contributed by atoms with Crippen molar-refractivity contribution in [2.75, 3.05) is 26.1 Å². The zero-order valence-corrected chi connectivity index (χ0v) is 13.7. The van der Waals surface area contributed by atoms with Gasteiger partial charge in [-0.1, -0.05) is 0 Å². The molecule has 0 saturated heterocycles. The van der Waals surface area contributed by atoms with E-state index in [0.29, 0.717) is 17.2 Å². The Morgan fingerprint density at radius 1 is 1.27 bits per heavy atom. The average molecular weight is 308 g/mol. The fourth-order valence-corrected chi connectivity index (χ4v) is 1.70. The van der Waals surface area contributed by atoms with Crippen molar-refractivity contribution in [3.05, 3.63) is 18.2 Å². The first-order valence-corrected chi connectivity index (χ1v) is 6.85. The highest BCUT2D eigenvalue weighted by atomic mass is 16.5. The zero-order valence-electron chi connectivity index (χ0n) is 13.7. The molecule has 0 bridgehead atoms. The van der Waals surface area contributed by atoms with Crippen molar-refractivity contribution >= 4 is 17.6 Å². The highest BCUT2D eigenvalue weighted by Gasteiger charge is 2.13. The van der Waals surface area contributed by atoms with Crippen molar-refractivity contribution in [2.45, 2.75) is 26.3 Å². The summed E-state index contributed by atoms with van der Waals surface area (Å²) in [6, 6.07) is 5.26. The number of amides is 1. The summed E-state index contributed by atoms with van der Waals surface area (Å²) in [5.41, 5.74) is 6.11. The Balaban J connectivity index is 2.73. The highest BCUT2D eigenvalue weighted by Crippen LogP contribution is 2.28. The SMILES string of the molecule is COc1ccc(OC)c(NC(N)=NCC(=O)NC(C)(C)C)c1. The van der Waals surface area contributed by atoms with Gasteiger partial charge < -0.3 is 25.8 Å². The fraction of sp³-hybridized carbons (Fsp3) is 0.467. The lowest BCUT2D eigenvalue weighted by Gasteiger charge is -2.19. The third-order valence-corrected chi connectivity index (χ3v) is 2.58. The number of nitrogens with zero attached hydrogens (tertiary/aromatic N) is 1. The van der Waals surface area contributed by atoms with Crippen molar-refractivity contribution in [3.63, 3.8) is 0 Å². The second-order valence-electron chi connectivity index (χ2n) is 5.69. The summed E-state index contributed by atoms with van der Waals surface area (Å²) < 4.78 is 10.4. The lowest BCUT2D eigenvalue weighted by atomic mass is 10.1.